The molecule has 0 bridgehead atoms. The minimum atomic E-state index is -3.59. The zero-order valence-electron chi connectivity index (χ0n) is 22.8. The molecule has 0 radical (unpaired) electrons. The predicted molar refractivity (Wildman–Crippen MR) is 142 cm³/mol. The van der Waals surface area contributed by atoms with Crippen molar-refractivity contribution in [2.45, 2.75) is 71.5 Å². The topological polar surface area (TPSA) is 85.4 Å². The van der Waals surface area contributed by atoms with Crippen molar-refractivity contribution in [1.29, 1.82) is 0 Å². The minimum absolute atomic E-state index is 0.0268. The maximum Gasteiger partial charge on any atom is 0.225 e. The van der Waals surface area contributed by atoms with Crippen LogP contribution in [0, 0.1) is 31.1 Å². The van der Waals surface area contributed by atoms with E-state index in [4.69, 9.17) is 4.52 Å². The van der Waals surface area contributed by atoms with Gasteiger partial charge in [0.05, 0.1) is 11.4 Å². The number of benzene rings is 1. The summed E-state index contributed by atoms with van der Waals surface area (Å²) in [6, 6.07) is 5.91. The van der Waals surface area contributed by atoms with Crippen LogP contribution in [-0.2, 0) is 27.4 Å². The second-order valence-corrected chi connectivity index (χ2v) is 13.6. The van der Waals surface area contributed by atoms with E-state index in [1.165, 1.54) is 5.56 Å². The van der Waals surface area contributed by atoms with Gasteiger partial charge in [0.1, 0.15) is 4.90 Å². The molecule has 3 heterocycles. The summed E-state index contributed by atoms with van der Waals surface area (Å²) in [5.41, 5.74) is 3.38. The smallest absolute Gasteiger partial charge is 0.225 e. The van der Waals surface area contributed by atoms with Crippen molar-refractivity contribution in [3.8, 4) is 0 Å². The first-order valence-electron chi connectivity index (χ1n) is 12.7. The molecule has 4 rings (SSSR count). The third-order valence-electron chi connectivity index (χ3n) is 8.01. The van der Waals surface area contributed by atoms with E-state index in [1.54, 1.807) is 13.8 Å². The van der Waals surface area contributed by atoms with E-state index in [9.17, 15) is 13.2 Å². The predicted octanol–water partition coefficient (Wildman–Crippen LogP) is 5.39. The fourth-order valence-corrected chi connectivity index (χ4v) is 7.24. The van der Waals surface area contributed by atoms with Crippen molar-refractivity contribution in [1.82, 2.24) is 14.6 Å². The lowest BCUT2D eigenvalue weighted by Gasteiger charge is -2.40. The molecule has 3 aromatic rings. The van der Waals surface area contributed by atoms with Gasteiger partial charge < -0.3 is 14.0 Å². The molecule has 2 aromatic heterocycles. The van der Waals surface area contributed by atoms with E-state index in [0.717, 1.165) is 36.0 Å². The number of rotatable bonds is 5. The molecule has 0 unspecified atom stereocenters. The number of amides is 1. The number of likely N-dealkylation sites (tertiary alicyclic amines) is 1. The Bertz CT molecular complexity index is 1370. The molecule has 0 spiro atoms. The number of hydrogen-bond donors (Lipinski definition) is 0. The molecule has 1 aliphatic heterocycles. The van der Waals surface area contributed by atoms with Crippen LogP contribution in [0.2, 0.25) is 0 Å². The zero-order chi connectivity index (χ0) is 26.6. The average Bonchev–Trinajstić information content (AvgIpc) is 3.30. The van der Waals surface area contributed by atoms with Gasteiger partial charge in [0.2, 0.25) is 5.91 Å². The van der Waals surface area contributed by atoms with Gasteiger partial charge in [-0.05, 0) is 60.8 Å². The summed E-state index contributed by atoms with van der Waals surface area (Å²) >= 11 is 0. The standard InChI is InChI=1S/C28H39N3O4S/c1-17-14-31(27(32)18(2)28(5,6)7)12-11-22(17)24-15-30(8)25-10-9-21(13-23(24)25)16-36(33,34)26-19(3)29-35-20(26)4/h9-10,13,15,17-18,22H,11-12,14,16H2,1-8H3/t17-,18-,22+/m0/s1. The highest BCUT2D eigenvalue weighted by atomic mass is 32.2. The number of aromatic nitrogens is 2. The van der Waals surface area contributed by atoms with Gasteiger partial charge in [0.25, 0.3) is 0 Å². The maximum atomic E-state index is 13.2. The van der Waals surface area contributed by atoms with Gasteiger partial charge in [-0.15, -0.1) is 0 Å². The van der Waals surface area contributed by atoms with E-state index in [1.807, 2.05) is 37.1 Å². The largest absolute Gasteiger partial charge is 0.360 e. The quantitative estimate of drug-likeness (QED) is 0.457. The second kappa shape index (κ2) is 9.36. The summed E-state index contributed by atoms with van der Waals surface area (Å²) in [6.07, 6.45) is 3.07. The summed E-state index contributed by atoms with van der Waals surface area (Å²) in [5.74, 6) is 1.03. The van der Waals surface area contributed by atoms with E-state index in [0.29, 0.717) is 23.3 Å². The van der Waals surface area contributed by atoms with Crippen LogP contribution in [0.3, 0.4) is 0 Å². The summed E-state index contributed by atoms with van der Waals surface area (Å²) < 4.78 is 33.5. The molecule has 3 atom stereocenters. The van der Waals surface area contributed by atoms with Gasteiger partial charge in [-0.3, -0.25) is 4.79 Å². The van der Waals surface area contributed by atoms with Crippen molar-refractivity contribution in [3.63, 3.8) is 0 Å². The van der Waals surface area contributed by atoms with Crippen molar-refractivity contribution >= 4 is 26.6 Å². The molecule has 7 nitrogen and oxygen atoms in total. The van der Waals surface area contributed by atoms with Gasteiger partial charge in [-0.25, -0.2) is 8.42 Å². The number of sulfone groups is 1. The molecule has 1 aromatic carbocycles. The Labute approximate surface area is 214 Å². The van der Waals surface area contributed by atoms with Crippen molar-refractivity contribution < 1.29 is 17.7 Å². The first-order valence-corrected chi connectivity index (χ1v) is 14.4. The fourth-order valence-electron chi connectivity index (χ4n) is 5.52. The monoisotopic (exact) mass is 513 g/mol. The summed E-state index contributed by atoms with van der Waals surface area (Å²) in [4.78, 5) is 15.3. The van der Waals surface area contributed by atoms with Crippen LogP contribution < -0.4 is 0 Å². The van der Waals surface area contributed by atoms with Gasteiger partial charge in [-0.2, -0.15) is 0 Å². The van der Waals surface area contributed by atoms with Gasteiger partial charge in [0.15, 0.2) is 15.6 Å². The number of aryl methyl sites for hydroxylation is 3. The van der Waals surface area contributed by atoms with Crippen LogP contribution in [0.5, 0.6) is 0 Å². The highest BCUT2D eigenvalue weighted by Gasteiger charge is 2.36. The molecule has 0 aliphatic carbocycles. The highest BCUT2D eigenvalue weighted by Crippen LogP contribution is 2.39. The third-order valence-corrected chi connectivity index (χ3v) is 9.92. The number of fused-ring (bicyclic) bond motifs is 1. The molecule has 1 aliphatic rings. The van der Waals surface area contributed by atoms with Crippen LogP contribution in [0.1, 0.15) is 69.5 Å². The van der Waals surface area contributed by atoms with Gasteiger partial charge in [0, 0.05) is 43.2 Å². The zero-order valence-corrected chi connectivity index (χ0v) is 23.6. The number of hydrogen-bond acceptors (Lipinski definition) is 5. The first-order chi connectivity index (χ1) is 16.7. The Morgan fingerprint density at radius 1 is 1.25 bits per heavy atom. The molecular formula is C28H39N3O4S. The molecule has 0 N–H and O–H groups in total. The van der Waals surface area contributed by atoms with Crippen molar-refractivity contribution in [2.75, 3.05) is 13.1 Å². The molecule has 1 amide bonds. The van der Waals surface area contributed by atoms with Crippen LogP contribution in [-0.4, -0.2) is 42.0 Å². The number of carbonyl (C=O) groups is 1. The molecular weight excluding hydrogens is 474 g/mol. The number of carbonyl (C=O) groups excluding carboxylic acids is 1. The van der Waals surface area contributed by atoms with Crippen molar-refractivity contribution in [2.24, 2.45) is 24.3 Å². The molecule has 0 saturated carbocycles. The van der Waals surface area contributed by atoms with Crippen LogP contribution in [0.15, 0.2) is 33.8 Å². The highest BCUT2D eigenvalue weighted by molar-refractivity contribution is 7.90. The number of piperidine rings is 1. The summed E-state index contributed by atoms with van der Waals surface area (Å²) in [5, 5.41) is 4.90. The van der Waals surface area contributed by atoms with E-state index >= 15 is 0 Å². The van der Waals surface area contributed by atoms with Crippen LogP contribution in [0.25, 0.3) is 10.9 Å². The lowest BCUT2D eigenvalue weighted by Crippen LogP contribution is -2.46. The average molecular weight is 514 g/mol. The Hall–Kier alpha value is -2.61. The number of nitrogens with zero attached hydrogens (tertiary/aromatic N) is 3. The minimum Gasteiger partial charge on any atom is -0.360 e. The molecule has 1 fully saturated rings. The Morgan fingerprint density at radius 2 is 1.94 bits per heavy atom. The van der Waals surface area contributed by atoms with E-state index < -0.39 is 9.84 Å². The Balaban J connectivity index is 1.61. The van der Waals surface area contributed by atoms with Gasteiger partial charge in [-0.1, -0.05) is 45.8 Å². The van der Waals surface area contributed by atoms with E-state index in [2.05, 4.69) is 43.6 Å². The van der Waals surface area contributed by atoms with Gasteiger partial charge >= 0.3 is 0 Å². The van der Waals surface area contributed by atoms with Crippen LogP contribution in [0.4, 0.5) is 0 Å². The SMILES string of the molecule is Cc1noc(C)c1S(=O)(=O)Cc1ccc2c(c1)c([C@@H]1CCN(C(=O)[C@H](C)C(C)(C)C)C[C@@H]1C)cn2C. The summed E-state index contributed by atoms with van der Waals surface area (Å²) in [7, 11) is -1.56. The maximum absolute atomic E-state index is 13.2. The molecule has 1 saturated heterocycles. The van der Waals surface area contributed by atoms with Crippen LogP contribution >= 0.6 is 0 Å². The van der Waals surface area contributed by atoms with E-state index in [-0.39, 0.29) is 27.9 Å². The normalized spacial score (nSPS) is 20.2. The summed E-state index contributed by atoms with van der Waals surface area (Å²) in [6.45, 7) is 15.4. The molecule has 196 valence electrons. The molecule has 8 heteroatoms. The molecule has 36 heavy (non-hydrogen) atoms. The fraction of sp³-hybridized carbons (Fsp3) is 0.571. The van der Waals surface area contributed by atoms with Crippen molar-refractivity contribution in [3.05, 3.63) is 47.0 Å². The first kappa shape index (κ1) is 26.5. The Morgan fingerprint density at radius 3 is 2.53 bits per heavy atom. The lowest BCUT2D eigenvalue weighted by atomic mass is 9.78. The lowest BCUT2D eigenvalue weighted by molar-refractivity contribution is -0.140. The Kier molecular flexibility index (Phi) is 6.88. The third kappa shape index (κ3) is 4.84. The second-order valence-electron chi connectivity index (χ2n) is 11.7.